The number of fused-ring (bicyclic) bond motifs is 1. The second kappa shape index (κ2) is 6.83. The molecule has 2 aromatic rings. The van der Waals surface area contributed by atoms with Gasteiger partial charge >= 0.3 is 0 Å². The van der Waals surface area contributed by atoms with Gasteiger partial charge in [-0.15, -0.1) is 0 Å². The van der Waals surface area contributed by atoms with Crippen LogP contribution in [0.5, 0.6) is 0 Å². The van der Waals surface area contributed by atoms with Crippen LogP contribution >= 0.6 is 0 Å². The summed E-state index contributed by atoms with van der Waals surface area (Å²) >= 11 is 0. The van der Waals surface area contributed by atoms with E-state index in [0.29, 0.717) is 31.0 Å². The lowest BCUT2D eigenvalue weighted by atomic mass is 9.77. The Labute approximate surface area is 154 Å². The second-order valence-electron chi connectivity index (χ2n) is 7.62. The number of imidazole rings is 1. The Balaban J connectivity index is 1.50. The summed E-state index contributed by atoms with van der Waals surface area (Å²) in [6.07, 6.45) is 8.17. The van der Waals surface area contributed by atoms with E-state index < -0.39 is 10.0 Å². The molecule has 7 nitrogen and oxygen atoms in total. The van der Waals surface area contributed by atoms with Crippen molar-refractivity contribution >= 4 is 10.0 Å². The third-order valence-corrected chi connectivity index (χ3v) is 7.58. The van der Waals surface area contributed by atoms with Gasteiger partial charge in [-0.3, -0.25) is 4.90 Å². The summed E-state index contributed by atoms with van der Waals surface area (Å²) in [5, 5.41) is 0.152. The van der Waals surface area contributed by atoms with E-state index >= 15 is 0 Å². The predicted octanol–water partition coefficient (Wildman–Crippen LogP) is 1.93. The lowest BCUT2D eigenvalue weighted by Gasteiger charge is -2.38. The molecule has 0 aromatic carbocycles. The van der Waals surface area contributed by atoms with Gasteiger partial charge in [0.05, 0.1) is 19.1 Å². The molecule has 3 heterocycles. The van der Waals surface area contributed by atoms with Crippen molar-refractivity contribution in [3.05, 3.63) is 36.7 Å². The van der Waals surface area contributed by atoms with E-state index in [2.05, 4.69) is 16.9 Å². The average Bonchev–Trinajstić information content (AvgIpc) is 3.34. The Kier molecular flexibility index (Phi) is 4.66. The molecule has 2 aliphatic rings. The smallest absolute Gasteiger partial charge is 0.262 e. The highest BCUT2D eigenvalue weighted by Gasteiger charge is 2.45. The quantitative estimate of drug-likeness (QED) is 0.795. The molecule has 2 fully saturated rings. The van der Waals surface area contributed by atoms with Crippen LogP contribution in [0.2, 0.25) is 0 Å². The lowest BCUT2D eigenvalue weighted by molar-refractivity contribution is 0.0999. The summed E-state index contributed by atoms with van der Waals surface area (Å²) in [4.78, 5) is 6.39. The Morgan fingerprint density at radius 3 is 2.88 bits per heavy atom. The number of aryl methyl sites for hydroxylation is 1. The topological polar surface area (TPSA) is 71.6 Å². The molecule has 0 radical (unpaired) electrons. The van der Waals surface area contributed by atoms with Crippen molar-refractivity contribution in [2.45, 2.75) is 36.9 Å². The van der Waals surface area contributed by atoms with Gasteiger partial charge in [0.15, 0.2) is 5.03 Å². The molecule has 2 aromatic heterocycles. The van der Waals surface area contributed by atoms with E-state index in [1.54, 1.807) is 28.4 Å². The van der Waals surface area contributed by atoms with Gasteiger partial charge in [-0.2, -0.15) is 4.31 Å². The van der Waals surface area contributed by atoms with E-state index in [1.165, 1.54) is 6.33 Å². The average molecular weight is 378 g/mol. The van der Waals surface area contributed by atoms with Gasteiger partial charge in [0, 0.05) is 32.4 Å². The first-order valence-electron chi connectivity index (χ1n) is 9.16. The van der Waals surface area contributed by atoms with Gasteiger partial charge in [0.2, 0.25) is 0 Å². The summed E-state index contributed by atoms with van der Waals surface area (Å²) in [7, 11) is 0.393. The van der Waals surface area contributed by atoms with Crippen molar-refractivity contribution in [2.75, 3.05) is 20.1 Å². The summed E-state index contributed by atoms with van der Waals surface area (Å²) < 4.78 is 34.7. The van der Waals surface area contributed by atoms with Gasteiger partial charge in [-0.1, -0.05) is 6.42 Å². The molecule has 1 saturated carbocycles. The van der Waals surface area contributed by atoms with Crippen LogP contribution in [-0.4, -0.2) is 53.4 Å². The summed E-state index contributed by atoms with van der Waals surface area (Å²) in [5.41, 5.74) is 0. The van der Waals surface area contributed by atoms with Gasteiger partial charge in [-0.05, 0) is 43.9 Å². The third kappa shape index (κ3) is 3.21. The van der Waals surface area contributed by atoms with Crippen LogP contribution in [0.3, 0.4) is 0 Å². The first-order valence-corrected chi connectivity index (χ1v) is 10.6. The fourth-order valence-electron chi connectivity index (χ4n) is 4.56. The third-order valence-electron chi connectivity index (χ3n) is 5.86. The zero-order chi connectivity index (χ0) is 18.3. The minimum atomic E-state index is -3.51. The SMILES string of the molecule is CN(Cc1ccco1)[C@@H]1CCC[C@@H]2CN(S(=O)(=O)c3cn(C)cn3)C[C@@H]21. The van der Waals surface area contributed by atoms with Crippen LogP contribution in [-0.2, 0) is 23.6 Å². The minimum Gasteiger partial charge on any atom is -0.468 e. The highest BCUT2D eigenvalue weighted by atomic mass is 32.2. The number of hydrogen-bond acceptors (Lipinski definition) is 5. The normalized spacial score (nSPS) is 27.1. The number of rotatable bonds is 5. The summed E-state index contributed by atoms with van der Waals surface area (Å²) in [6.45, 7) is 1.94. The number of hydrogen-bond donors (Lipinski definition) is 0. The van der Waals surface area contributed by atoms with E-state index in [-0.39, 0.29) is 5.03 Å². The molecule has 0 bridgehead atoms. The Hall–Kier alpha value is -1.64. The van der Waals surface area contributed by atoms with E-state index in [1.807, 2.05) is 12.1 Å². The molecular formula is C18H26N4O3S. The van der Waals surface area contributed by atoms with Crippen molar-refractivity contribution in [1.82, 2.24) is 18.8 Å². The number of aromatic nitrogens is 2. The fourth-order valence-corrected chi connectivity index (χ4v) is 6.06. The molecule has 0 N–H and O–H groups in total. The molecule has 8 heteroatoms. The largest absolute Gasteiger partial charge is 0.468 e. The number of furan rings is 1. The molecule has 1 aliphatic carbocycles. The summed E-state index contributed by atoms with van der Waals surface area (Å²) in [6, 6.07) is 4.27. The van der Waals surface area contributed by atoms with Crippen LogP contribution in [0, 0.1) is 11.8 Å². The maximum Gasteiger partial charge on any atom is 0.262 e. The first-order chi connectivity index (χ1) is 12.4. The fraction of sp³-hybridized carbons (Fsp3) is 0.611. The van der Waals surface area contributed by atoms with Gasteiger partial charge in [0.25, 0.3) is 10.0 Å². The second-order valence-corrected chi connectivity index (χ2v) is 9.50. The summed E-state index contributed by atoms with van der Waals surface area (Å²) in [5.74, 6) is 1.74. The van der Waals surface area contributed by atoms with Crippen molar-refractivity contribution < 1.29 is 12.8 Å². The van der Waals surface area contributed by atoms with E-state index in [9.17, 15) is 8.42 Å². The lowest BCUT2D eigenvalue weighted by Crippen LogP contribution is -2.43. The minimum absolute atomic E-state index is 0.152. The predicted molar refractivity (Wildman–Crippen MR) is 96.8 cm³/mol. The van der Waals surface area contributed by atoms with Gasteiger partial charge in [-0.25, -0.2) is 13.4 Å². The zero-order valence-electron chi connectivity index (χ0n) is 15.3. The Bertz CT molecular complexity index is 846. The van der Waals surface area contributed by atoms with Gasteiger partial charge < -0.3 is 8.98 Å². The molecular weight excluding hydrogens is 352 g/mol. The van der Waals surface area contributed by atoms with Crippen LogP contribution < -0.4 is 0 Å². The van der Waals surface area contributed by atoms with Crippen molar-refractivity contribution in [1.29, 1.82) is 0 Å². The first kappa shape index (κ1) is 17.8. The molecule has 1 aliphatic heterocycles. The highest BCUT2D eigenvalue weighted by Crippen LogP contribution is 2.40. The molecule has 26 heavy (non-hydrogen) atoms. The molecule has 0 spiro atoms. The monoisotopic (exact) mass is 378 g/mol. The van der Waals surface area contributed by atoms with Crippen molar-refractivity contribution in [2.24, 2.45) is 18.9 Å². The Morgan fingerprint density at radius 1 is 1.35 bits per heavy atom. The molecule has 142 valence electrons. The maximum absolute atomic E-state index is 12.9. The van der Waals surface area contributed by atoms with Crippen LogP contribution in [0.25, 0.3) is 0 Å². The van der Waals surface area contributed by atoms with E-state index in [4.69, 9.17) is 4.42 Å². The standard InChI is InChI=1S/C18H26N4O3S/c1-20-12-18(19-13-20)26(23,24)22-9-14-5-3-7-17(16(14)11-22)21(2)10-15-6-4-8-25-15/h4,6,8,12-14,16-17H,3,5,7,9-11H2,1-2H3/t14-,16+,17-/m1/s1. The Morgan fingerprint density at radius 2 is 2.19 bits per heavy atom. The molecule has 0 unspecified atom stereocenters. The van der Waals surface area contributed by atoms with Gasteiger partial charge in [0.1, 0.15) is 5.76 Å². The molecule has 1 saturated heterocycles. The van der Waals surface area contributed by atoms with Crippen LogP contribution in [0.4, 0.5) is 0 Å². The maximum atomic E-state index is 12.9. The molecule has 4 rings (SSSR count). The van der Waals surface area contributed by atoms with Crippen LogP contribution in [0.15, 0.2) is 40.4 Å². The van der Waals surface area contributed by atoms with Crippen LogP contribution in [0.1, 0.15) is 25.0 Å². The van der Waals surface area contributed by atoms with E-state index in [0.717, 1.165) is 31.6 Å². The molecule has 3 atom stereocenters. The number of nitrogens with zero attached hydrogens (tertiary/aromatic N) is 4. The number of sulfonamides is 1. The molecule has 0 amide bonds. The highest BCUT2D eigenvalue weighted by molar-refractivity contribution is 7.89. The van der Waals surface area contributed by atoms with Crippen molar-refractivity contribution in [3.8, 4) is 0 Å². The zero-order valence-corrected chi connectivity index (χ0v) is 16.1. The van der Waals surface area contributed by atoms with Crippen molar-refractivity contribution in [3.63, 3.8) is 0 Å².